The lowest BCUT2D eigenvalue weighted by atomic mass is 9.98. The summed E-state index contributed by atoms with van der Waals surface area (Å²) in [4.78, 5) is 3.84. The second kappa shape index (κ2) is 7.64. The van der Waals surface area contributed by atoms with Crippen molar-refractivity contribution in [1.82, 2.24) is 14.4 Å². The van der Waals surface area contributed by atoms with Crippen molar-refractivity contribution in [1.29, 1.82) is 0 Å². The topological polar surface area (TPSA) is 76.3 Å². The van der Waals surface area contributed by atoms with Crippen molar-refractivity contribution in [2.45, 2.75) is 30.6 Å². The maximum Gasteiger partial charge on any atom is 0.246 e. The van der Waals surface area contributed by atoms with E-state index < -0.39 is 26.6 Å². The molecule has 2 aromatic carbocycles. The zero-order valence-electron chi connectivity index (χ0n) is 15.7. The average molecular weight is 419 g/mol. The van der Waals surface area contributed by atoms with E-state index in [1.165, 1.54) is 4.31 Å². The molecule has 6 nitrogen and oxygen atoms in total. The van der Waals surface area contributed by atoms with Crippen LogP contribution in [0.1, 0.15) is 30.2 Å². The minimum atomic E-state index is -4.11. The molecule has 29 heavy (non-hydrogen) atoms. The van der Waals surface area contributed by atoms with Crippen molar-refractivity contribution in [3.63, 3.8) is 0 Å². The summed E-state index contributed by atoms with van der Waals surface area (Å²) in [5.41, 5.74) is 1.90. The highest BCUT2D eigenvalue weighted by molar-refractivity contribution is 7.89. The second-order valence-electron chi connectivity index (χ2n) is 7.02. The largest absolute Gasteiger partial charge is 0.339 e. The van der Waals surface area contributed by atoms with Gasteiger partial charge in [0.1, 0.15) is 16.5 Å². The summed E-state index contributed by atoms with van der Waals surface area (Å²) in [6, 6.07) is 10.1. The van der Waals surface area contributed by atoms with Crippen LogP contribution in [-0.2, 0) is 10.0 Å². The maximum absolute atomic E-state index is 14.0. The van der Waals surface area contributed by atoms with Crippen LogP contribution in [-0.4, -0.2) is 36.0 Å². The molecule has 0 unspecified atom stereocenters. The van der Waals surface area contributed by atoms with Gasteiger partial charge in [-0.2, -0.15) is 9.29 Å². The van der Waals surface area contributed by atoms with Gasteiger partial charge >= 0.3 is 0 Å². The molecule has 0 amide bonds. The highest BCUT2D eigenvalue weighted by atomic mass is 32.2. The van der Waals surface area contributed by atoms with Gasteiger partial charge in [-0.25, -0.2) is 17.2 Å². The minimum Gasteiger partial charge on any atom is -0.339 e. The van der Waals surface area contributed by atoms with Gasteiger partial charge in [-0.3, -0.25) is 0 Å². The fourth-order valence-electron chi connectivity index (χ4n) is 3.49. The Bertz CT molecular complexity index is 1140. The van der Waals surface area contributed by atoms with E-state index in [4.69, 9.17) is 4.52 Å². The minimum absolute atomic E-state index is 0.0934. The van der Waals surface area contributed by atoms with Crippen molar-refractivity contribution >= 4 is 10.0 Å². The Morgan fingerprint density at radius 1 is 1.10 bits per heavy atom. The van der Waals surface area contributed by atoms with Gasteiger partial charge in [0, 0.05) is 24.6 Å². The standard InChI is InChI=1S/C20H19F2N3O3S/c1-13-4-2-3-5-16(13)19-23-20(28-24-19)14-8-10-25(11-9-14)29(26,27)18-12-15(21)6-7-17(18)22/h2-7,12,14H,8-11H2,1H3. The second-order valence-corrected chi connectivity index (χ2v) is 8.93. The van der Waals surface area contributed by atoms with E-state index >= 15 is 0 Å². The van der Waals surface area contributed by atoms with Crippen LogP contribution in [0, 0.1) is 18.6 Å². The van der Waals surface area contributed by atoms with E-state index in [1.54, 1.807) is 0 Å². The van der Waals surface area contributed by atoms with E-state index in [1.807, 2.05) is 31.2 Å². The van der Waals surface area contributed by atoms with Crippen molar-refractivity contribution in [2.75, 3.05) is 13.1 Å². The number of piperidine rings is 1. The Balaban J connectivity index is 1.49. The summed E-state index contributed by atoms with van der Waals surface area (Å²) in [6.45, 7) is 2.27. The Labute approximate surface area is 167 Å². The lowest BCUT2D eigenvalue weighted by Crippen LogP contribution is -2.38. The third-order valence-electron chi connectivity index (χ3n) is 5.14. The molecule has 9 heteroatoms. The summed E-state index contributed by atoms with van der Waals surface area (Å²) >= 11 is 0. The first kappa shape index (κ1) is 19.7. The van der Waals surface area contributed by atoms with Crippen molar-refractivity contribution in [3.05, 3.63) is 65.6 Å². The zero-order valence-corrected chi connectivity index (χ0v) is 16.5. The monoisotopic (exact) mass is 419 g/mol. The van der Waals surface area contributed by atoms with Crippen LogP contribution in [0.3, 0.4) is 0 Å². The average Bonchev–Trinajstić information content (AvgIpc) is 3.20. The van der Waals surface area contributed by atoms with E-state index in [2.05, 4.69) is 10.1 Å². The van der Waals surface area contributed by atoms with Gasteiger partial charge in [-0.15, -0.1) is 0 Å². The van der Waals surface area contributed by atoms with Crippen LogP contribution >= 0.6 is 0 Å². The van der Waals surface area contributed by atoms with Crippen LogP contribution in [0.2, 0.25) is 0 Å². The Hall–Kier alpha value is -2.65. The highest BCUT2D eigenvalue weighted by Crippen LogP contribution is 2.32. The number of nitrogens with zero attached hydrogens (tertiary/aromatic N) is 3. The molecule has 1 aromatic heterocycles. The van der Waals surface area contributed by atoms with Crippen molar-refractivity contribution < 1.29 is 21.7 Å². The number of hydrogen-bond donors (Lipinski definition) is 0. The molecule has 0 saturated carbocycles. The van der Waals surface area contributed by atoms with Gasteiger partial charge in [-0.05, 0) is 43.5 Å². The number of halogens is 2. The fraction of sp³-hybridized carbons (Fsp3) is 0.300. The molecule has 1 saturated heterocycles. The summed E-state index contributed by atoms with van der Waals surface area (Å²) in [5, 5.41) is 4.05. The molecular weight excluding hydrogens is 400 g/mol. The number of sulfonamides is 1. The molecule has 0 atom stereocenters. The van der Waals surface area contributed by atoms with Crippen LogP contribution in [0.15, 0.2) is 51.9 Å². The van der Waals surface area contributed by atoms with E-state index in [9.17, 15) is 17.2 Å². The zero-order chi connectivity index (χ0) is 20.6. The first-order valence-electron chi connectivity index (χ1n) is 9.21. The van der Waals surface area contributed by atoms with Gasteiger partial charge < -0.3 is 4.52 Å². The van der Waals surface area contributed by atoms with Crippen molar-refractivity contribution in [2.24, 2.45) is 0 Å². The molecule has 0 radical (unpaired) electrons. The number of rotatable bonds is 4. The summed E-state index contributed by atoms with van der Waals surface area (Å²) < 4.78 is 59.4. The van der Waals surface area contributed by atoms with Gasteiger partial charge in [0.2, 0.25) is 21.7 Å². The lowest BCUT2D eigenvalue weighted by molar-refractivity contribution is 0.270. The molecule has 3 aromatic rings. The highest BCUT2D eigenvalue weighted by Gasteiger charge is 2.34. The number of aromatic nitrogens is 2. The third kappa shape index (κ3) is 3.79. The van der Waals surface area contributed by atoms with Gasteiger partial charge in [0.25, 0.3) is 0 Å². The molecule has 1 fully saturated rings. The van der Waals surface area contributed by atoms with Crippen molar-refractivity contribution in [3.8, 4) is 11.4 Å². The molecule has 2 heterocycles. The summed E-state index contributed by atoms with van der Waals surface area (Å²) in [7, 11) is -4.11. The van der Waals surface area contributed by atoms with Crippen LogP contribution in [0.5, 0.6) is 0 Å². The summed E-state index contributed by atoms with van der Waals surface area (Å²) in [5.74, 6) is -0.904. The van der Waals surface area contributed by atoms with Crippen LogP contribution in [0.25, 0.3) is 11.4 Å². The fourth-order valence-corrected chi connectivity index (χ4v) is 5.04. The SMILES string of the molecule is Cc1ccccc1-c1noc(C2CCN(S(=O)(=O)c3cc(F)ccc3F)CC2)n1. The molecule has 1 aliphatic rings. The predicted octanol–water partition coefficient (Wildman–Crippen LogP) is 3.89. The normalized spacial score (nSPS) is 16.2. The lowest BCUT2D eigenvalue weighted by Gasteiger charge is -2.29. The van der Waals surface area contributed by atoms with Crippen LogP contribution < -0.4 is 0 Å². The van der Waals surface area contributed by atoms with Gasteiger partial charge in [-0.1, -0.05) is 29.4 Å². The molecule has 0 aliphatic carbocycles. The predicted molar refractivity (Wildman–Crippen MR) is 102 cm³/mol. The third-order valence-corrected chi connectivity index (χ3v) is 7.06. The Kier molecular flexibility index (Phi) is 5.18. The molecule has 0 N–H and O–H groups in total. The first-order chi connectivity index (χ1) is 13.9. The molecule has 1 aliphatic heterocycles. The van der Waals surface area contributed by atoms with E-state index in [0.717, 1.165) is 23.3 Å². The number of hydrogen-bond acceptors (Lipinski definition) is 5. The molecule has 4 rings (SSSR count). The molecule has 0 bridgehead atoms. The van der Waals surface area contributed by atoms with E-state index in [0.29, 0.717) is 30.6 Å². The number of aryl methyl sites for hydroxylation is 1. The molecular formula is C20H19F2N3O3S. The van der Waals surface area contributed by atoms with Gasteiger partial charge in [0.15, 0.2) is 0 Å². The first-order valence-corrected chi connectivity index (χ1v) is 10.6. The Morgan fingerprint density at radius 2 is 1.83 bits per heavy atom. The van der Waals surface area contributed by atoms with Crippen LogP contribution in [0.4, 0.5) is 8.78 Å². The quantitative estimate of drug-likeness (QED) is 0.641. The smallest absolute Gasteiger partial charge is 0.246 e. The van der Waals surface area contributed by atoms with E-state index in [-0.39, 0.29) is 19.0 Å². The maximum atomic E-state index is 14.0. The number of benzene rings is 2. The molecule has 0 spiro atoms. The Morgan fingerprint density at radius 3 is 2.55 bits per heavy atom. The summed E-state index contributed by atoms with van der Waals surface area (Å²) in [6.07, 6.45) is 0.900. The molecule has 152 valence electrons. The van der Waals surface area contributed by atoms with Gasteiger partial charge in [0.05, 0.1) is 0 Å².